The topological polar surface area (TPSA) is 94.8 Å². The lowest BCUT2D eigenvalue weighted by Crippen LogP contribution is -2.37. The summed E-state index contributed by atoms with van der Waals surface area (Å²) in [7, 11) is 0. The average Bonchev–Trinajstić information content (AvgIpc) is 2.98. The Hall–Kier alpha value is -1.46. The number of carboxylic acids is 1. The summed E-state index contributed by atoms with van der Waals surface area (Å²) in [6, 6.07) is 0. The molecule has 1 saturated carbocycles. The quantitative estimate of drug-likeness (QED) is 0.302. The first-order chi connectivity index (χ1) is 13.4. The number of carbonyl (C=O) groups excluding carboxylic acids is 1. The summed E-state index contributed by atoms with van der Waals surface area (Å²) in [5.74, 6) is -1.05. The first-order valence-corrected chi connectivity index (χ1v) is 10.8. The number of aliphatic hydroxyl groups is 2. The first kappa shape index (κ1) is 24.6. The van der Waals surface area contributed by atoms with Crippen molar-refractivity contribution in [2.24, 2.45) is 17.8 Å². The molecule has 28 heavy (non-hydrogen) atoms. The molecule has 1 rings (SSSR count). The predicted molar refractivity (Wildman–Crippen MR) is 111 cm³/mol. The van der Waals surface area contributed by atoms with Crippen molar-refractivity contribution in [1.29, 1.82) is 0 Å². The molecule has 0 aromatic heterocycles. The Morgan fingerprint density at radius 2 is 1.89 bits per heavy atom. The van der Waals surface area contributed by atoms with Gasteiger partial charge in [0.05, 0.1) is 0 Å². The number of aliphatic carboxylic acids is 1. The fourth-order valence-electron chi connectivity index (χ4n) is 3.92. The predicted octanol–water partition coefficient (Wildman–Crippen LogP) is 4.28. The molecule has 0 radical (unpaired) electrons. The highest BCUT2D eigenvalue weighted by atomic mass is 16.4. The molecule has 0 heterocycles. The van der Waals surface area contributed by atoms with Crippen LogP contribution in [-0.4, -0.2) is 39.3 Å². The minimum Gasteiger partial charge on any atom is -0.479 e. The number of hydrogen-bond acceptors (Lipinski definition) is 4. The second-order valence-electron chi connectivity index (χ2n) is 8.01. The number of unbranched alkanes of at least 4 members (excludes halogenated alkanes) is 4. The van der Waals surface area contributed by atoms with E-state index in [0.29, 0.717) is 19.3 Å². The van der Waals surface area contributed by atoms with Gasteiger partial charge in [-0.05, 0) is 50.4 Å². The second-order valence-corrected chi connectivity index (χ2v) is 8.01. The molecule has 4 atom stereocenters. The average molecular weight is 395 g/mol. The van der Waals surface area contributed by atoms with Crippen molar-refractivity contribution >= 4 is 11.8 Å². The lowest BCUT2D eigenvalue weighted by atomic mass is 9.86. The van der Waals surface area contributed by atoms with Crippen molar-refractivity contribution in [3.8, 4) is 0 Å². The van der Waals surface area contributed by atoms with Crippen LogP contribution in [-0.2, 0) is 9.59 Å². The van der Waals surface area contributed by atoms with Gasteiger partial charge in [0.1, 0.15) is 5.78 Å². The van der Waals surface area contributed by atoms with Crippen LogP contribution in [0, 0.1) is 17.8 Å². The second kappa shape index (κ2) is 12.9. The number of rotatable bonds is 14. The Balaban J connectivity index is 2.56. The Kier molecular flexibility index (Phi) is 11.3. The van der Waals surface area contributed by atoms with Gasteiger partial charge < -0.3 is 15.3 Å². The number of Topliss-reactive ketones (excluding diaryl/α,β-unsaturated/α-hetero) is 1. The van der Waals surface area contributed by atoms with Gasteiger partial charge in [0.15, 0.2) is 5.60 Å². The van der Waals surface area contributed by atoms with E-state index in [0.717, 1.165) is 12.8 Å². The molecule has 1 fully saturated rings. The zero-order chi connectivity index (χ0) is 21.0. The SMILES string of the molecule is CCCCCC/C=C/[C@H]1[C@H](CO)CC(=O)[C@@H]1C/C=C\CCC(O)(CC)C(=O)O. The molecule has 0 aliphatic heterocycles. The molecule has 1 aliphatic carbocycles. The van der Waals surface area contributed by atoms with Crippen molar-refractivity contribution in [1.82, 2.24) is 0 Å². The number of hydrogen-bond donors (Lipinski definition) is 3. The highest BCUT2D eigenvalue weighted by molar-refractivity contribution is 5.84. The number of carboxylic acid groups (broad SMARTS) is 1. The molecule has 160 valence electrons. The zero-order valence-electron chi connectivity index (χ0n) is 17.5. The third kappa shape index (κ3) is 7.51. The fraction of sp³-hybridized carbons (Fsp3) is 0.739. The standard InChI is InChI=1S/C23H38O5/c1-3-5-6-7-8-10-13-19-18(17-24)16-21(25)20(19)14-11-9-12-15-23(28,4-2)22(26)27/h9-11,13,18-20,24,28H,3-8,12,14-17H2,1-2H3,(H,26,27)/b11-9-,13-10+/t18-,19-,20+,23?/m0/s1. The highest BCUT2D eigenvalue weighted by Crippen LogP contribution is 2.37. The minimum absolute atomic E-state index is 0.00464. The van der Waals surface area contributed by atoms with Crippen LogP contribution >= 0.6 is 0 Å². The number of ketones is 1. The monoisotopic (exact) mass is 394 g/mol. The molecule has 5 heteroatoms. The third-order valence-electron chi connectivity index (χ3n) is 5.97. The zero-order valence-corrected chi connectivity index (χ0v) is 17.5. The van der Waals surface area contributed by atoms with Crippen LogP contribution < -0.4 is 0 Å². The lowest BCUT2D eigenvalue weighted by molar-refractivity contribution is -0.159. The third-order valence-corrected chi connectivity index (χ3v) is 5.97. The summed E-state index contributed by atoms with van der Waals surface area (Å²) >= 11 is 0. The van der Waals surface area contributed by atoms with Crippen LogP contribution in [0.2, 0.25) is 0 Å². The highest BCUT2D eigenvalue weighted by Gasteiger charge is 2.39. The van der Waals surface area contributed by atoms with E-state index < -0.39 is 11.6 Å². The van der Waals surface area contributed by atoms with Crippen LogP contribution in [0.25, 0.3) is 0 Å². The lowest BCUT2D eigenvalue weighted by Gasteiger charge is -2.20. The minimum atomic E-state index is -1.68. The van der Waals surface area contributed by atoms with E-state index in [2.05, 4.69) is 19.1 Å². The van der Waals surface area contributed by atoms with Gasteiger partial charge in [0.25, 0.3) is 0 Å². The number of carbonyl (C=O) groups is 2. The van der Waals surface area contributed by atoms with E-state index in [1.807, 2.05) is 12.2 Å². The van der Waals surface area contributed by atoms with Crippen molar-refractivity contribution in [2.75, 3.05) is 6.61 Å². The molecular formula is C23H38O5. The molecule has 0 bridgehead atoms. The first-order valence-electron chi connectivity index (χ1n) is 10.8. The van der Waals surface area contributed by atoms with Crippen LogP contribution in [0.4, 0.5) is 0 Å². The molecule has 0 aromatic carbocycles. The maximum absolute atomic E-state index is 12.4. The van der Waals surface area contributed by atoms with E-state index in [-0.39, 0.29) is 43.0 Å². The summed E-state index contributed by atoms with van der Waals surface area (Å²) in [6.45, 7) is 3.87. The molecule has 0 aromatic rings. The van der Waals surface area contributed by atoms with Gasteiger partial charge in [-0.15, -0.1) is 0 Å². The molecule has 5 nitrogen and oxygen atoms in total. The van der Waals surface area contributed by atoms with Crippen molar-refractivity contribution in [3.63, 3.8) is 0 Å². The Labute approximate surface area is 169 Å². The molecule has 3 N–H and O–H groups in total. The summed E-state index contributed by atoms with van der Waals surface area (Å²) in [6.07, 6.45) is 15.7. The van der Waals surface area contributed by atoms with Crippen molar-refractivity contribution < 1.29 is 24.9 Å². The Morgan fingerprint density at radius 1 is 1.14 bits per heavy atom. The normalized spacial score (nSPS) is 25.0. The van der Waals surface area contributed by atoms with Gasteiger partial charge >= 0.3 is 5.97 Å². The van der Waals surface area contributed by atoms with Crippen LogP contribution in [0.15, 0.2) is 24.3 Å². The maximum atomic E-state index is 12.4. The van der Waals surface area contributed by atoms with Gasteiger partial charge in [-0.3, -0.25) is 4.79 Å². The molecule has 1 aliphatic rings. The summed E-state index contributed by atoms with van der Waals surface area (Å²) in [5.41, 5.74) is -1.68. The summed E-state index contributed by atoms with van der Waals surface area (Å²) in [4.78, 5) is 23.5. The largest absolute Gasteiger partial charge is 0.479 e. The Morgan fingerprint density at radius 3 is 2.50 bits per heavy atom. The van der Waals surface area contributed by atoms with Crippen LogP contribution in [0.3, 0.4) is 0 Å². The molecular weight excluding hydrogens is 356 g/mol. The van der Waals surface area contributed by atoms with E-state index in [4.69, 9.17) is 5.11 Å². The van der Waals surface area contributed by atoms with Crippen molar-refractivity contribution in [3.05, 3.63) is 24.3 Å². The molecule has 1 unspecified atom stereocenters. The van der Waals surface area contributed by atoms with Crippen molar-refractivity contribution in [2.45, 2.75) is 83.7 Å². The molecule has 0 saturated heterocycles. The van der Waals surface area contributed by atoms with Gasteiger partial charge in [-0.2, -0.15) is 0 Å². The summed E-state index contributed by atoms with van der Waals surface area (Å²) in [5, 5.41) is 28.7. The molecule has 0 amide bonds. The van der Waals surface area contributed by atoms with Gasteiger partial charge in [0, 0.05) is 18.9 Å². The van der Waals surface area contributed by atoms with Gasteiger partial charge in [-0.25, -0.2) is 4.79 Å². The smallest absolute Gasteiger partial charge is 0.335 e. The number of aliphatic hydroxyl groups excluding tert-OH is 1. The fourth-order valence-corrected chi connectivity index (χ4v) is 3.92. The van der Waals surface area contributed by atoms with Gasteiger partial charge in [0.2, 0.25) is 0 Å². The van der Waals surface area contributed by atoms with E-state index in [9.17, 15) is 19.8 Å². The Bertz CT molecular complexity index is 539. The number of allylic oxidation sites excluding steroid dienone is 4. The van der Waals surface area contributed by atoms with Crippen LogP contribution in [0.1, 0.15) is 78.1 Å². The van der Waals surface area contributed by atoms with E-state index >= 15 is 0 Å². The van der Waals surface area contributed by atoms with Crippen LogP contribution in [0.5, 0.6) is 0 Å². The van der Waals surface area contributed by atoms with Gasteiger partial charge in [-0.1, -0.05) is 57.4 Å². The van der Waals surface area contributed by atoms with E-state index in [1.165, 1.54) is 19.3 Å². The summed E-state index contributed by atoms with van der Waals surface area (Å²) < 4.78 is 0. The molecule has 0 spiro atoms. The maximum Gasteiger partial charge on any atom is 0.335 e. The van der Waals surface area contributed by atoms with E-state index in [1.54, 1.807) is 6.92 Å².